The maximum absolute atomic E-state index is 11.2. The Labute approximate surface area is 181 Å². The average Bonchev–Trinajstić information content (AvgIpc) is 2.44. The smallest absolute Gasteiger partial charge is 0.872 e. The van der Waals surface area contributed by atoms with Gasteiger partial charge < -0.3 is 10.2 Å². The zero-order chi connectivity index (χ0) is 16.5. The van der Waals surface area contributed by atoms with Gasteiger partial charge in [-0.15, -0.1) is 11.5 Å². The minimum Gasteiger partial charge on any atom is -0.872 e. The van der Waals surface area contributed by atoms with E-state index < -0.39 is 0 Å². The Kier molecular flexibility index (Phi) is 11.8. The zero-order valence-corrected chi connectivity index (χ0v) is 19.2. The van der Waals surface area contributed by atoms with Gasteiger partial charge >= 0.3 is 48.9 Å². The van der Waals surface area contributed by atoms with Crippen molar-refractivity contribution in [3.63, 3.8) is 0 Å². The van der Waals surface area contributed by atoms with Crippen LogP contribution in [0.15, 0.2) is 48.5 Å². The van der Waals surface area contributed by atoms with Crippen molar-refractivity contribution in [1.82, 2.24) is 0 Å². The fourth-order valence-electron chi connectivity index (χ4n) is 2.22. The van der Waals surface area contributed by atoms with E-state index in [-0.39, 0.29) is 60.4 Å². The summed E-state index contributed by atoms with van der Waals surface area (Å²) in [5, 5.41) is 22.3. The number of rotatable bonds is 4. The maximum Gasteiger partial charge on any atom is 2.00 e. The number of hydrogen-bond donors (Lipinski definition) is 0. The van der Waals surface area contributed by atoms with Gasteiger partial charge in [0.15, 0.2) is 0 Å². The second-order valence-electron chi connectivity index (χ2n) is 6.41. The van der Waals surface area contributed by atoms with Gasteiger partial charge in [-0.2, -0.15) is 0 Å². The Bertz CT molecular complexity index is 514. The molecular formula is C20H26BaO2. The van der Waals surface area contributed by atoms with E-state index in [9.17, 15) is 10.2 Å². The van der Waals surface area contributed by atoms with Crippen LogP contribution in [0.4, 0.5) is 0 Å². The van der Waals surface area contributed by atoms with Crippen LogP contribution >= 0.6 is 0 Å². The molecule has 0 radical (unpaired) electrons. The van der Waals surface area contributed by atoms with E-state index in [2.05, 4.69) is 27.7 Å². The van der Waals surface area contributed by atoms with Gasteiger partial charge in [0.2, 0.25) is 0 Å². The molecule has 2 aromatic rings. The molecule has 0 aromatic heterocycles. The minimum atomic E-state index is 0. The first-order valence-corrected chi connectivity index (χ1v) is 7.90. The van der Waals surface area contributed by atoms with E-state index in [0.717, 1.165) is 24.0 Å². The van der Waals surface area contributed by atoms with Crippen molar-refractivity contribution in [3.05, 3.63) is 59.7 Å². The predicted octanol–water partition coefficient (Wildman–Crippen LogP) is 3.54. The molecule has 2 rings (SSSR count). The van der Waals surface area contributed by atoms with Crippen molar-refractivity contribution in [1.29, 1.82) is 0 Å². The monoisotopic (exact) mass is 436 g/mol. The second-order valence-corrected chi connectivity index (χ2v) is 6.41. The summed E-state index contributed by atoms with van der Waals surface area (Å²) >= 11 is 0. The number of para-hydroxylation sites is 2. The van der Waals surface area contributed by atoms with E-state index in [1.54, 1.807) is 24.3 Å². The fourth-order valence-corrected chi connectivity index (χ4v) is 2.22. The van der Waals surface area contributed by atoms with Crippen LogP contribution in [0.1, 0.15) is 38.8 Å². The van der Waals surface area contributed by atoms with Crippen molar-refractivity contribution in [3.8, 4) is 11.5 Å². The van der Waals surface area contributed by atoms with E-state index in [4.69, 9.17) is 0 Å². The van der Waals surface area contributed by atoms with Crippen molar-refractivity contribution in [2.24, 2.45) is 11.8 Å². The summed E-state index contributed by atoms with van der Waals surface area (Å²) in [6, 6.07) is 14.5. The SMILES string of the molecule is CC(C)Cc1ccccc1[O-].CC(C)Cc1ccccc1[O-].[Ba+2]. The van der Waals surface area contributed by atoms with Crippen LogP contribution in [-0.2, 0) is 12.8 Å². The average molecular weight is 436 g/mol. The first kappa shape index (κ1) is 22.6. The quantitative estimate of drug-likeness (QED) is 0.690. The third-order valence-corrected chi connectivity index (χ3v) is 3.20. The van der Waals surface area contributed by atoms with Gasteiger partial charge in [0.05, 0.1) is 0 Å². The molecule has 0 aliphatic heterocycles. The summed E-state index contributed by atoms with van der Waals surface area (Å²) < 4.78 is 0. The molecule has 0 fully saturated rings. The third kappa shape index (κ3) is 9.48. The summed E-state index contributed by atoms with van der Waals surface area (Å²) in [6.45, 7) is 8.47. The summed E-state index contributed by atoms with van der Waals surface area (Å²) in [6.07, 6.45) is 1.78. The first-order chi connectivity index (χ1) is 10.4. The van der Waals surface area contributed by atoms with Crippen LogP contribution in [0.5, 0.6) is 11.5 Å². The Morgan fingerprint density at radius 1 is 0.652 bits per heavy atom. The topological polar surface area (TPSA) is 46.1 Å². The second kappa shape index (κ2) is 12.0. The Balaban J connectivity index is 0.000000403. The van der Waals surface area contributed by atoms with Gasteiger partial charge in [0.1, 0.15) is 0 Å². The molecule has 2 aromatic carbocycles. The van der Waals surface area contributed by atoms with Gasteiger partial charge in [-0.1, -0.05) is 87.4 Å². The first-order valence-electron chi connectivity index (χ1n) is 7.90. The molecule has 23 heavy (non-hydrogen) atoms. The van der Waals surface area contributed by atoms with Crippen LogP contribution in [0.3, 0.4) is 0 Å². The fraction of sp³-hybridized carbons (Fsp3) is 0.400. The normalized spacial score (nSPS) is 10.0. The van der Waals surface area contributed by atoms with Gasteiger partial charge in [0, 0.05) is 0 Å². The molecule has 0 bridgehead atoms. The molecule has 0 spiro atoms. The summed E-state index contributed by atoms with van der Waals surface area (Å²) in [7, 11) is 0. The predicted molar refractivity (Wildman–Crippen MR) is 94.6 cm³/mol. The van der Waals surface area contributed by atoms with E-state index >= 15 is 0 Å². The maximum atomic E-state index is 11.2. The molecule has 0 N–H and O–H groups in total. The molecule has 0 aliphatic carbocycles. The van der Waals surface area contributed by atoms with Gasteiger partial charge in [0.25, 0.3) is 0 Å². The molecule has 120 valence electrons. The van der Waals surface area contributed by atoms with Gasteiger partial charge in [-0.25, -0.2) is 0 Å². The van der Waals surface area contributed by atoms with Gasteiger partial charge in [-0.05, 0) is 24.7 Å². The molecule has 0 aliphatic rings. The molecule has 0 saturated carbocycles. The third-order valence-electron chi connectivity index (χ3n) is 3.20. The van der Waals surface area contributed by atoms with E-state index in [0.29, 0.717) is 11.8 Å². The van der Waals surface area contributed by atoms with Crippen molar-refractivity contribution in [2.45, 2.75) is 40.5 Å². The number of hydrogen-bond acceptors (Lipinski definition) is 2. The molecule has 2 nitrogen and oxygen atoms in total. The molecule has 0 amide bonds. The van der Waals surface area contributed by atoms with Crippen LogP contribution in [0.25, 0.3) is 0 Å². The molecule has 3 heteroatoms. The van der Waals surface area contributed by atoms with Crippen LogP contribution in [-0.4, -0.2) is 48.9 Å². The molecule has 0 atom stereocenters. The molecule has 0 saturated heterocycles. The van der Waals surface area contributed by atoms with Gasteiger partial charge in [-0.3, -0.25) is 0 Å². The van der Waals surface area contributed by atoms with Crippen molar-refractivity contribution in [2.75, 3.05) is 0 Å². The summed E-state index contributed by atoms with van der Waals surface area (Å²) in [5.41, 5.74) is 1.87. The van der Waals surface area contributed by atoms with Crippen LogP contribution in [0, 0.1) is 11.8 Å². The minimum absolute atomic E-state index is 0. The molecule has 0 heterocycles. The van der Waals surface area contributed by atoms with Crippen molar-refractivity contribution < 1.29 is 10.2 Å². The summed E-state index contributed by atoms with van der Waals surface area (Å²) in [4.78, 5) is 0. The number of benzene rings is 2. The molecular weight excluding hydrogens is 410 g/mol. The van der Waals surface area contributed by atoms with Crippen LogP contribution in [0.2, 0.25) is 0 Å². The van der Waals surface area contributed by atoms with Crippen molar-refractivity contribution >= 4 is 48.9 Å². The van der Waals surface area contributed by atoms with Crippen LogP contribution < -0.4 is 10.2 Å². The summed E-state index contributed by atoms with van der Waals surface area (Å²) in [5.74, 6) is 1.46. The Morgan fingerprint density at radius 3 is 1.22 bits per heavy atom. The standard InChI is InChI=1S/2C10H14O.Ba/c2*1-8(2)7-9-5-3-4-6-10(9)11;/h2*3-6,8,11H,7H2,1-2H3;/q;;+2/p-2. The Hall–Kier alpha value is -0.389. The largest absolute Gasteiger partial charge is 2.00 e. The molecule has 0 unspecified atom stereocenters. The van der Waals surface area contributed by atoms with E-state index in [1.165, 1.54) is 0 Å². The Morgan fingerprint density at radius 2 is 0.957 bits per heavy atom. The van der Waals surface area contributed by atoms with E-state index in [1.807, 2.05) is 24.3 Å². The zero-order valence-electron chi connectivity index (χ0n) is 14.7.